The number of aromatic nitrogens is 2. The molecule has 0 aliphatic heterocycles. The Morgan fingerprint density at radius 2 is 2.06 bits per heavy atom. The molecule has 0 atom stereocenters. The van der Waals surface area contributed by atoms with Crippen LogP contribution in [0.5, 0.6) is 0 Å². The van der Waals surface area contributed by atoms with E-state index in [4.69, 9.17) is 0 Å². The molecule has 1 aromatic carbocycles. The maximum atomic E-state index is 13.6. The highest BCUT2D eigenvalue weighted by Gasteiger charge is 2.16. The minimum absolute atomic E-state index is 0.246. The molecule has 0 amide bonds. The molecule has 0 unspecified atom stereocenters. The second-order valence-electron chi connectivity index (χ2n) is 3.57. The summed E-state index contributed by atoms with van der Waals surface area (Å²) in [6.07, 6.45) is 0.860. The van der Waals surface area contributed by atoms with Crippen LogP contribution in [0, 0.1) is 5.82 Å². The van der Waals surface area contributed by atoms with Crippen molar-refractivity contribution in [3.63, 3.8) is 0 Å². The monoisotopic (exact) mass is 282 g/mol. The number of nitrogens with zero attached hydrogens (tertiary/aromatic N) is 2. The Balaban J connectivity index is 2.62. The fourth-order valence-electron chi connectivity index (χ4n) is 1.74. The van der Waals surface area contributed by atoms with Gasteiger partial charge in [-0.15, -0.1) is 0 Å². The van der Waals surface area contributed by atoms with E-state index < -0.39 is 0 Å². The molecule has 0 aliphatic carbocycles. The maximum Gasteiger partial charge on any atom is 0.132 e. The Kier molecular flexibility index (Phi) is 3.10. The number of hydrogen-bond donors (Lipinski definition) is 0. The third-order valence-corrected chi connectivity index (χ3v) is 3.40. The van der Waals surface area contributed by atoms with Crippen molar-refractivity contribution >= 4 is 15.9 Å². The van der Waals surface area contributed by atoms with E-state index in [1.165, 1.54) is 6.07 Å². The third kappa shape index (κ3) is 1.78. The van der Waals surface area contributed by atoms with Gasteiger partial charge in [0.25, 0.3) is 0 Å². The highest BCUT2D eigenvalue weighted by Crippen LogP contribution is 2.31. The van der Waals surface area contributed by atoms with Crippen molar-refractivity contribution in [3.05, 3.63) is 40.2 Å². The minimum atomic E-state index is -0.246. The Hall–Kier alpha value is -1.16. The van der Waals surface area contributed by atoms with E-state index >= 15 is 0 Å². The Morgan fingerprint density at radius 1 is 1.38 bits per heavy atom. The van der Waals surface area contributed by atoms with Crippen LogP contribution in [-0.4, -0.2) is 9.78 Å². The summed E-state index contributed by atoms with van der Waals surface area (Å²) in [6, 6.07) is 6.67. The predicted octanol–water partition coefficient (Wildman–Crippen LogP) is 3.55. The zero-order valence-electron chi connectivity index (χ0n) is 9.17. The predicted molar refractivity (Wildman–Crippen MR) is 65.7 cm³/mol. The van der Waals surface area contributed by atoms with E-state index in [-0.39, 0.29) is 5.82 Å². The largest absolute Gasteiger partial charge is 0.271 e. The van der Waals surface area contributed by atoms with Crippen LogP contribution in [0.3, 0.4) is 0 Å². The number of benzene rings is 1. The van der Waals surface area contributed by atoms with Gasteiger partial charge in [0.05, 0.1) is 10.2 Å². The van der Waals surface area contributed by atoms with Gasteiger partial charge in [0.15, 0.2) is 0 Å². The summed E-state index contributed by atoms with van der Waals surface area (Å²) in [5, 5.41) is 4.34. The summed E-state index contributed by atoms with van der Waals surface area (Å²) in [6.45, 7) is 2.05. The average Bonchev–Trinajstić information content (AvgIpc) is 2.55. The van der Waals surface area contributed by atoms with Gasteiger partial charge in [-0.2, -0.15) is 5.10 Å². The first-order valence-electron chi connectivity index (χ1n) is 5.11. The standard InChI is InChI=1S/C12H12BrFN2/c1-3-10-11(13)12(15-16(10)2)8-6-4-5-7-9(8)14/h4-7H,3H2,1-2H3. The van der Waals surface area contributed by atoms with E-state index in [0.717, 1.165) is 16.6 Å². The molecule has 1 heterocycles. The first-order valence-corrected chi connectivity index (χ1v) is 5.90. The van der Waals surface area contributed by atoms with Crippen LogP contribution in [0.25, 0.3) is 11.3 Å². The van der Waals surface area contributed by atoms with Crippen LogP contribution >= 0.6 is 15.9 Å². The Morgan fingerprint density at radius 3 is 2.62 bits per heavy atom. The number of rotatable bonds is 2. The van der Waals surface area contributed by atoms with Gasteiger partial charge in [-0.05, 0) is 34.5 Å². The van der Waals surface area contributed by atoms with Crippen LogP contribution in [0.15, 0.2) is 28.7 Å². The van der Waals surface area contributed by atoms with Gasteiger partial charge >= 0.3 is 0 Å². The van der Waals surface area contributed by atoms with Crippen LogP contribution in [0.4, 0.5) is 4.39 Å². The van der Waals surface area contributed by atoms with Gasteiger partial charge in [0.2, 0.25) is 0 Å². The SMILES string of the molecule is CCc1c(Br)c(-c2ccccc2F)nn1C. The summed E-state index contributed by atoms with van der Waals surface area (Å²) in [5.41, 5.74) is 2.26. The van der Waals surface area contributed by atoms with E-state index in [2.05, 4.69) is 21.0 Å². The summed E-state index contributed by atoms with van der Waals surface area (Å²) < 4.78 is 16.3. The molecule has 0 saturated heterocycles. The van der Waals surface area contributed by atoms with Crippen LogP contribution in [0.1, 0.15) is 12.6 Å². The van der Waals surface area contributed by atoms with Gasteiger partial charge in [-0.25, -0.2) is 4.39 Å². The summed E-state index contributed by atoms with van der Waals surface area (Å²) >= 11 is 3.48. The lowest BCUT2D eigenvalue weighted by molar-refractivity contribution is 0.629. The summed E-state index contributed by atoms with van der Waals surface area (Å²) in [5.74, 6) is -0.246. The quantitative estimate of drug-likeness (QED) is 0.824. The lowest BCUT2D eigenvalue weighted by Crippen LogP contribution is -1.96. The molecule has 0 spiro atoms. The van der Waals surface area contributed by atoms with E-state index in [1.807, 2.05) is 20.0 Å². The molecule has 0 aliphatic rings. The van der Waals surface area contributed by atoms with Crippen molar-refractivity contribution in [1.29, 1.82) is 0 Å². The molecule has 0 bridgehead atoms. The molecule has 2 aromatic rings. The number of aryl methyl sites for hydroxylation is 1. The van der Waals surface area contributed by atoms with Crippen molar-refractivity contribution in [3.8, 4) is 11.3 Å². The molecule has 0 radical (unpaired) electrons. The van der Waals surface area contributed by atoms with Crippen molar-refractivity contribution in [2.24, 2.45) is 7.05 Å². The normalized spacial score (nSPS) is 10.8. The average molecular weight is 283 g/mol. The molecule has 0 N–H and O–H groups in total. The molecule has 0 saturated carbocycles. The van der Waals surface area contributed by atoms with Crippen LogP contribution in [-0.2, 0) is 13.5 Å². The molecule has 16 heavy (non-hydrogen) atoms. The van der Waals surface area contributed by atoms with Crippen molar-refractivity contribution < 1.29 is 4.39 Å². The highest BCUT2D eigenvalue weighted by atomic mass is 79.9. The van der Waals surface area contributed by atoms with Gasteiger partial charge < -0.3 is 0 Å². The van der Waals surface area contributed by atoms with Crippen molar-refractivity contribution in [2.45, 2.75) is 13.3 Å². The van der Waals surface area contributed by atoms with Crippen LogP contribution < -0.4 is 0 Å². The van der Waals surface area contributed by atoms with E-state index in [1.54, 1.807) is 16.8 Å². The van der Waals surface area contributed by atoms with E-state index in [9.17, 15) is 4.39 Å². The third-order valence-electron chi connectivity index (χ3n) is 2.57. The fraction of sp³-hybridized carbons (Fsp3) is 0.250. The Labute approximate surface area is 102 Å². The zero-order valence-corrected chi connectivity index (χ0v) is 10.8. The first-order chi connectivity index (χ1) is 7.65. The molecule has 2 rings (SSSR count). The van der Waals surface area contributed by atoms with Crippen molar-refractivity contribution in [1.82, 2.24) is 9.78 Å². The zero-order chi connectivity index (χ0) is 11.7. The molecule has 4 heteroatoms. The minimum Gasteiger partial charge on any atom is -0.271 e. The Bertz CT molecular complexity index is 520. The van der Waals surface area contributed by atoms with Crippen molar-refractivity contribution in [2.75, 3.05) is 0 Å². The highest BCUT2D eigenvalue weighted by molar-refractivity contribution is 9.10. The first kappa shape index (κ1) is 11.3. The van der Waals surface area contributed by atoms with E-state index in [0.29, 0.717) is 11.3 Å². The molecule has 84 valence electrons. The van der Waals surface area contributed by atoms with Gasteiger partial charge in [0.1, 0.15) is 11.5 Å². The topological polar surface area (TPSA) is 17.8 Å². The second-order valence-corrected chi connectivity index (χ2v) is 4.36. The van der Waals surface area contributed by atoms with Gasteiger partial charge in [-0.1, -0.05) is 19.1 Å². The summed E-state index contributed by atoms with van der Waals surface area (Å²) in [4.78, 5) is 0. The fourth-order valence-corrected chi connectivity index (χ4v) is 2.57. The summed E-state index contributed by atoms with van der Waals surface area (Å²) in [7, 11) is 1.87. The van der Waals surface area contributed by atoms with Gasteiger partial charge in [0, 0.05) is 12.6 Å². The number of hydrogen-bond acceptors (Lipinski definition) is 1. The molecular weight excluding hydrogens is 271 g/mol. The number of halogens is 2. The second kappa shape index (κ2) is 4.37. The maximum absolute atomic E-state index is 13.6. The molecular formula is C12H12BrFN2. The smallest absolute Gasteiger partial charge is 0.132 e. The van der Waals surface area contributed by atoms with Gasteiger partial charge in [-0.3, -0.25) is 4.68 Å². The van der Waals surface area contributed by atoms with Crippen LogP contribution in [0.2, 0.25) is 0 Å². The lowest BCUT2D eigenvalue weighted by atomic mass is 10.1. The lowest BCUT2D eigenvalue weighted by Gasteiger charge is -1.99. The molecule has 0 fully saturated rings. The molecule has 1 aromatic heterocycles. The molecule has 2 nitrogen and oxygen atoms in total.